The first-order valence-electron chi connectivity index (χ1n) is 18.2. The summed E-state index contributed by atoms with van der Waals surface area (Å²) in [6, 6.07) is 8.73. The molecule has 3 amide bonds. The Labute approximate surface area is 325 Å². The molecule has 18 heteroatoms. The van der Waals surface area contributed by atoms with Crippen LogP contribution in [-0.4, -0.2) is 114 Å². The zero-order valence-electron chi connectivity index (χ0n) is 31.9. The number of nitrogens with zero attached hydrogens (tertiary/aromatic N) is 3. The lowest BCUT2D eigenvalue weighted by Gasteiger charge is -2.52. The molecule has 2 fully saturated rings. The molecule has 6 atom stereocenters. The van der Waals surface area contributed by atoms with E-state index in [0.717, 1.165) is 4.90 Å². The lowest BCUT2D eigenvalue weighted by atomic mass is 9.52. The highest BCUT2D eigenvalue weighted by Gasteiger charge is 2.69. The minimum atomic E-state index is -2.90. The van der Waals surface area contributed by atoms with Gasteiger partial charge in [0.2, 0.25) is 11.8 Å². The van der Waals surface area contributed by atoms with Crippen LogP contribution in [0.25, 0.3) is 11.3 Å². The normalized spacial score (nSPS) is 24.0. The number of aromatic hydroxyl groups is 1. The van der Waals surface area contributed by atoms with Gasteiger partial charge in [-0.15, -0.1) is 0 Å². The summed E-state index contributed by atoms with van der Waals surface area (Å²) in [6.45, 7) is 0.766. The highest BCUT2D eigenvalue weighted by molar-refractivity contribution is 6.32. The van der Waals surface area contributed by atoms with E-state index in [4.69, 9.17) is 19.3 Å². The number of phenols is 1. The second-order valence-corrected chi connectivity index (χ2v) is 14.9. The quantitative estimate of drug-likeness (QED) is 0.157. The van der Waals surface area contributed by atoms with E-state index in [-0.39, 0.29) is 42.2 Å². The van der Waals surface area contributed by atoms with Crippen molar-refractivity contribution in [3.8, 4) is 17.1 Å². The van der Waals surface area contributed by atoms with Crippen molar-refractivity contribution in [1.82, 2.24) is 9.80 Å². The SMILES string of the molecule is CCCN(CC(=O)Nc1cc(N(C)C)c2c(c1O)C(=O)C1C(=O)[C@]3(O)C(=O)C(C(N)=O)C(=O)[C@@H](N(C)C)C3CC1C2)C(=O)OCc1oc(=O)oc1-c1ccccc1. The Hall–Kier alpha value is -6.14. The molecule has 1 aromatic heterocycles. The number of Topliss-reactive ketones (excluding diaryl/α,β-unsaturated/α-hetero) is 4. The fourth-order valence-electron chi connectivity index (χ4n) is 8.45. The van der Waals surface area contributed by atoms with Gasteiger partial charge in [0.25, 0.3) is 0 Å². The van der Waals surface area contributed by atoms with Crippen molar-refractivity contribution in [3.05, 3.63) is 63.9 Å². The summed E-state index contributed by atoms with van der Waals surface area (Å²) in [5, 5.41) is 26.0. The number of amides is 3. The van der Waals surface area contributed by atoms with Crippen LogP contribution in [-0.2, 0) is 41.7 Å². The number of primary amides is 1. The number of likely N-dealkylation sites (N-methyl/N-ethyl adjacent to an activating group) is 1. The number of fused-ring (bicyclic) bond motifs is 3. The van der Waals surface area contributed by atoms with E-state index in [1.165, 1.54) is 25.1 Å². The molecule has 0 radical (unpaired) electrons. The standard InChI is InChI=1S/C39H43N5O13/c1-6-12-44(37(52)55-17-24-33(57-38(53)56-24)18-10-8-7-9-11-18)16-25(45)41-22-15-23(42(2)3)20-13-19-14-21-29(43(4)5)32(48)28(36(40)51)35(50)39(21,54)34(49)26(19)31(47)27(20)30(22)46/h7-11,15,19,21,26,28-29,46,54H,6,12-14,16-17H2,1-5H3,(H2,40,51)(H,41,45)/t19?,21?,26?,28?,29-,39-/m0/s1. The Morgan fingerprint density at radius 1 is 1.02 bits per heavy atom. The van der Waals surface area contributed by atoms with Gasteiger partial charge in [-0.2, -0.15) is 0 Å². The summed E-state index contributed by atoms with van der Waals surface area (Å²) in [5.41, 5.74) is 3.20. The number of carbonyl (C=O) groups is 7. The second-order valence-electron chi connectivity index (χ2n) is 14.9. The van der Waals surface area contributed by atoms with Crippen molar-refractivity contribution in [1.29, 1.82) is 0 Å². The first kappa shape index (κ1) is 40.5. The molecule has 2 aromatic carbocycles. The average molecular weight is 790 g/mol. The molecule has 4 unspecified atom stereocenters. The minimum Gasteiger partial charge on any atom is -0.505 e. The molecule has 3 aromatic rings. The molecular formula is C39H43N5O13. The van der Waals surface area contributed by atoms with Crippen molar-refractivity contribution in [3.63, 3.8) is 0 Å². The number of aliphatic hydroxyl groups is 1. The van der Waals surface area contributed by atoms with Gasteiger partial charge in [0.1, 0.15) is 12.3 Å². The summed E-state index contributed by atoms with van der Waals surface area (Å²) in [4.78, 5) is 111. The average Bonchev–Trinajstić information content (AvgIpc) is 3.53. The molecule has 6 rings (SSSR count). The van der Waals surface area contributed by atoms with Gasteiger partial charge in [-0.1, -0.05) is 37.3 Å². The molecule has 0 spiro atoms. The van der Waals surface area contributed by atoms with E-state index >= 15 is 0 Å². The van der Waals surface area contributed by atoms with E-state index in [1.54, 1.807) is 56.3 Å². The van der Waals surface area contributed by atoms with E-state index in [0.29, 0.717) is 23.2 Å². The summed E-state index contributed by atoms with van der Waals surface area (Å²) in [7, 11) is 6.32. The lowest BCUT2D eigenvalue weighted by molar-refractivity contribution is -0.181. The van der Waals surface area contributed by atoms with Gasteiger partial charge in [-0.05, 0) is 50.9 Å². The summed E-state index contributed by atoms with van der Waals surface area (Å²) in [5.74, 6) is -14.0. The number of phenolic OH excluding ortho intramolecular Hbond substituents is 1. The number of hydrogen-bond donors (Lipinski definition) is 4. The largest absolute Gasteiger partial charge is 0.519 e. The van der Waals surface area contributed by atoms with Crippen LogP contribution in [0, 0.1) is 23.7 Å². The van der Waals surface area contributed by atoms with E-state index in [9.17, 15) is 48.6 Å². The molecule has 57 heavy (non-hydrogen) atoms. The highest BCUT2D eigenvalue weighted by Crippen LogP contribution is 2.52. The number of nitrogens with two attached hydrogens (primary N) is 1. The molecule has 3 aliphatic rings. The number of nitrogens with one attached hydrogen (secondary N) is 1. The van der Waals surface area contributed by atoms with Crippen LogP contribution in [0.2, 0.25) is 0 Å². The first-order valence-corrected chi connectivity index (χ1v) is 18.2. The number of ketones is 4. The van der Waals surface area contributed by atoms with Gasteiger partial charge < -0.3 is 39.7 Å². The summed E-state index contributed by atoms with van der Waals surface area (Å²) >= 11 is 0. The molecule has 302 valence electrons. The third-order valence-corrected chi connectivity index (χ3v) is 10.9. The fourth-order valence-corrected chi connectivity index (χ4v) is 8.45. The topological polar surface area (TPSA) is 260 Å². The van der Waals surface area contributed by atoms with Gasteiger partial charge in [-0.3, -0.25) is 38.6 Å². The van der Waals surface area contributed by atoms with Gasteiger partial charge in [0.05, 0.1) is 23.2 Å². The Morgan fingerprint density at radius 3 is 2.32 bits per heavy atom. The third kappa shape index (κ3) is 6.99. The predicted octanol–water partition coefficient (Wildman–Crippen LogP) is 1.13. The number of benzene rings is 2. The maximum atomic E-state index is 14.4. The number of rotatable bonds is 11. The number of ether oxygens (including phenoxy) is 1. The van der Waals surface area contributed by atoms with Crippen LogP contribution in [0.15, 0.2) is 50.0 Å². The second kappa shape index (κ2) is 15.4. The molecule has 18 nitrogen and oxygen atoms in total. The summed E-state index contributed by atoms with van der Waals surface area (Å²) < 4.78 is 15.6. The number of anilines is 2. The Morgan fingerprint density at radius 2 is 1.70 bits per heavy atom. The molecule has 5 N–H and O–H groups in total. The van der Waals surface area contributed by atoms with Gasteiger partial charge >= 0.3 is 11.9 Å². The maximum absolute atomic E-state index is 14.4. The highest BCUT2D eigenvalue weighted by atomic mass is 16.6. The number of hydrogen-bond acceptors (Lipinski definition) is 15. The zero-order valence-corrected chi connectivity index (χ0v) is 31.9. The van der Waals surface area contributed by atoms with Crippen LogP contribution in [0.1, 0.15) is 41.4 Å². The van der Waals surface area contributed by atoms with Crippen LogP contribution in [0.4, 0.5) is 16.2 Å². The van der Waals surface area contributed by atoms with Crippen LogP contribution in [0.5, 0.6) is 5.75 Å². The van der Waals surface area contributed by atoms with Crippen molar-refractivity contribution in [2.75, 3.05) is 51.5 Å². The summed E-state index contributed by atoms with van der Waals surface area (Å²) in [6.07, 6.45) is -0.627. The molecule has 0 bridgehead atoms. The van der Waals surface area contributed by atoms with Crippen molar-refractivity contribution in [2.24, 2.45) is 29.4 Å². The van der Waals surface area contributed by atoms with E-state index < -0.39 is 101 Å². The molecule has 2 saturated carbocycles. The first-order chi connectivity index (χ1) is 26.9. The third-order valence-electron chi connectivity index (χ3n) is 10.9. The minimum absolute atomic E-state index is 0.0139. The Kier molecular flexibility index (Phi) is 11.0. The molecule has 3 aliphatic carbocycles. The maximum Gasteiger partial charge on any atom is 0.519 e. The molecule has 0 aliphatic heterocycles. The fraction of sp³-hybridized carbons (Fsp3) is 0.436. The van der Waals surface area contributed by atoms with E-state index in [2.05, 4.69) is 5.32 Å². The monoisotopic (exact) mass is 789 g/mol. The molecule has 1 heterocycles. The lowest BCUT2D eigenvalue weighted by Crippen LogP contribution is -2.74. The molecular weight excluding hydrogens is 746 g/mol. The smallest absolute Gasteiger partial charge is 0.505 e. The molecule has 0 saturated heterocycles. The van der Waals surface area contributed by atoms with E-state index in [1.807, 2.05) is 0 Å². The Bertz CT molecular complexity index is 2230. The van der Waals surface area contributed by atoms with Crippen LogP contribution < -0.4 is 21.8 Å². The number of carbonyl (C=O) groups excluding carboxylic acids is 7. The van der Waals surface area contributed by atoms with Gasteiger partial charge in [0, 0.05) is 37.8 Å². The predicted molar refractivity (Wildman–Crippen MR) is 199 cm³/mol. The van der Waals surface area contributed by atoms with Gasteiger partial charge in [-0.25, -0.2) is 9.59 Å². The van der Waals surface area contributed by atoms with Crippen LogP contribution >= 0.6 is 0 Å². The Balaban J connectivity index is 1.26. The van der Waals surface area contributed by atoms with Crippen molar-refractivity contribution in [2.45, 2.75) is 44.4 Å². The van der Waals surface area contributed by atoms with Crippen molar-refractivity contribution < 1.29 is 57.3 Å². The van der Waals surface area contributed by atoms with Gasteiger partial charge in [0.15, 0.2) is 52.8 Å². The van der Waals surface area contributed by atoms with Crippen LogP contribution in [0.3, 0.4) is 0 Å². The zero-order chi connectivity index (χ0) is 41.7. The van der Waals surface area contributed by atoms with Crippen molar-refractivity contribution >= 4 is 52.4 Å².